The van der Waals surface area contributed by atoms with Crippen LogP contribution in [0.25, 0.3) is 0 Å². The number of carbonyl (C=O) groups excluding carboxylic acids is 1. The van der Waals surface area contributed by atoms with E-state index in [-0.39, 0.29) is 17.6 Å². The van der Waals surface area contributed by atoms with E-state index in [2.05, 4.69) is 0 Å². The molecule has 1 aliphatic rings. The van der Waals surface area contributed by atoms with Gasteiger partial charge in [-0.2, -0.15) is 0 Å². The summed E-state index contributed by atoms with van der Waals surface area (Å²) in [6.45, 7) is 5.74. The number of rotatable bonds is 1. The van der Waals surface area contributed by atoms with Gasteiger partial charge >= 0.3 is 0 Å². The van der Waals surface area contributed by atoms with Gasteiger partial charge < -0.3 is 9.90 Å². The molecule has 0 saturated carbocycles. The third kappa shape index (κ3) is 1.61. The van der Waals surface area contributed by atoms with Crippen LogP contribution in [0.3, 0.4) is 0 Å². The summed E-state index contributed by atoms with van der Waals surface area (Å²) in [6, 6.07) is 0. The quantitative estimate of drug-likeness (QED) is 0.591. The topological polar surface area (TPSA) is 37.3 Å². The van der Waals surface area contributed by atoms with Crippen LogP contribution in [0.15, 0.2) is 11.1 Å². The smallest absolute Gasteiger partial charge is 0.218 e. The molecule has 0 aliphatic carbocycles. The highest BCUT2D eigenvalue weighted by molar-refractivity contribution is 6.80. The van der Waals surface area contributed by atoms with Crippen molar-refractivity contribution in [2.45, 2.75) is 32.5 Å². The molecule has 0 saturated heterocycles. The first-order valence-electron chi connectivity index (χ1n) is 4.16. The molecule has 0 aromatic carbocycles. The summed E-state index contributed by atoms with van der Waals surface area (Å²) in [5, 5.41) is 8.73. The summed E-state index contributed by atoms with van der Waals surface area (Å²) in [7, 11) is 1.63. The molecule has 0 amide bonds. The number of hydrogen-bond donors (Lipinski definition) is 1. The second kappa shape index (κ2) is 3.06. The second-order valence-electron chi connectivity index (χ2n) is 3.90. The molecule has 1 atom stereocenters. The molecule has 2 nitrogen and oxygen atoms in total. The average Bonchev–Trinajstić information content (AvgIpc) is 2.00. The van der Waals surface area contributed by atoms with E-state index in [4.69, 9.17) is 5.11 Å². The third-order valence-electron chi connectivity index (χ3n) is 2.52. The van der Waals surface area contributed by atoms with Crippen LogP contribution in [0.1, 0.15) is 27.2 Å². The molecule has 1 unspecified atom stereocenters. The summed E-state index contributed by atoms with van der Waals surface area (Å²) in [5.41, 5.74) is 2.00. The maximum absolute atomic E-state index is 11.4. The molecular formula is C9H14BO2. The highest BCUT2D eigenvalue weighted by Crippen LogP contribution is 2.37. The van der Waals surface area contributed by atoms with Crippen molar-refractivity contribution in [3.8, 4) is 0 Å². The maximum atomic E-state index is 11.4. The molecule has 12 heavy (non-hydrogen) atoms. The zero-order chi connectivity index (χ0) is 9.35. The van der Waals surface area contributed by atoms with Gasteiger partial charge in [-0.15, -0.1) is 0 Å². The lowest BCUT2D eigenvalue weighted by molar-refractivity contribution is -0.109. The van der Waals surface area contributed by atoms with Gasteiger partial charge in [-0.25, -0.2) is 0 Å². The van der Waals surface area contributed by atoms with Gasteiger partial charge in [0.2, 0.25) is 7.28 Å². The number of aliphatic hydroxyl groups is 1. The summed E-state index contributed by atoms with van der Waals surface area (Å²) < 4.78 is 0. The lowest BCUT2D eigenvalue weighted by Gasteiger charge is -2.31. The average molecular weight is 165 g/mol. The van der Waals surface area contributed by atoms with Crippen molar-refractivity contribution >= 4 is 13.0 Å². The van der Waals surface area contributed by atoms with Gasteiger partial charge in [-0.1, -0.05) is 12.5 Å². The zero-order valence-electron chi connectivity index (χ0n) is 7.85. The largest absolute Gasteiger partial charge is 0.397 e. The molecule has 1 radical (unpaired) electrons. The Hall–Kier alpha value is -0.565. The maximum Gasteiger partial charge on any atom is 0.218 e. The lowest BCUT2D eigenvalue weighted by atomic mass is 9.45. The Morgan fingerprint density at radius 1 is 1.58 bits per heavy atom. The molecule has 0 aromatic heterocycles. The predicted molar refractivity (Wildman–Crippen MR) is 49.2 cm³/mol. The first-order valence-corrected chi connectivity index (χ1v) is 4.16. The van der Waals surface area contributed by atoms with Gasteiger partial charge in [-0.05, 0) is 31.2 Å². The molecule has 0 aromatic rings. The lowest BCUT2D eigenvalue weighted by Crippen LogP contribution is -2.33. The standard InChI is InChI=1S/C9H14BO2/c1-6-4-9(3,5-11)10-8(12)7(6)2/h11H,4-5H2,1-3H3. The minimum Gasteiger partial charge on any atom is -0.397 e. The first kappa shape index (κ1) is 9.52. The minimum absolute atomic E-state index is 0.0450. The van der Waals surface area contributed by atoms with Crippen LogP contribution < -0.4 is 0 Å². The van der Waals surface area contributed by atoms with Crippen molar-refractivity contribution in [2.75, 3.05) is 6.61 Å². The molecule has 65 valence electrons. The summed E-state index contributed by atoms with van der Waals surface area (Å²) in [4.78, 5) is 11.4. The molecule has 1 heterocycles. The molecule has 1 rings (SSSR count). The van der Waals surface area contributed by atoms with Crippen molar-refractivity contribution in [2.24, 2.45) is 0 Å². The van der Waals surface area contributed by atoms with Crippen molar-refractivity contribution < 1.29 is 9.90 Å². The summed E-state index contributed by atoms with van der Waals surface area (Å²) in [5.74, 6) is 0. The molecule has 1 N–H and O–H groups in total. The van der Waals surface area contributed by atoms with Crippen LogP contribution in [-0.2, 0) is 4.79 Å². The van der Waals surface area contributed by atoms with Crippen molar-refractivity contribution in [3.63, 3.8) is 0 Å². The van der Waals surface area contributed by atoms with Crippen molar-refractivity contribution in [1.29, 1.82) is 0 Å². The van der Waals surface area contributed by atoms with E-state index in [1.165, 1.54) is 0 Å². The van der Waals surface area contributed by atoms with E-state index in [9.17, 15) is 4.79 Å². The van der Waals surface area contributed by atoms with E-state index >= 15 is 0 Å². The van der Waals surface area contributed by atoms with Gasteiger partial charge in [0.25, 0.3) is 0 Å². The van der Waals surface area contributed by atoms with Gasteiger partial charge in [0.1, 0.15) is 5.68 Å². The Morgan fingerprint density at radius 2 is 2.17 bits per heavy atom. The Labute approximate surface area is 73.9 Å². The second-order valence-corrected chi connectivity index (χ2v) is 3.90. The van der Waals surface area contributed by atoms with Gasteiger partial charge in [-0.3, -0.25) is 0 Å². The SMILES string of the molecule is CC1=C(C)C(=O)[B]C(C)(CO)C1. The highest BCUT2D eigenvalue weighted by Gasteiger charge is 2.34. The number of aliphatic hydroxyl groups excluding tert-OH is 1. The fourth-order valence-electron chi connectivity index (χ4n) is 1.53. The van der Waals surface area contributed by atoms with Crippen LogP contribution in [-0.4, -0.2) is 24.7 Å². The summed E-state index contributed by atoms with van der Waals surface area (Å²) >= 11 is 0. The molecule has 0 spiro atoms. The van der Waals surface area contributed by atoms with E-state index in [1.54, 1.807) is 7.28 Å². The molecule has 3 heteroatoms. The highest BCUT2D eigenvalue weighted by atomic mass is 16.3. The van der Waals surface area contributed by atoms with E-state index in [0.717, 1.165) is 17.6 Å². The summed E-state index contributed by atoms with van der Waals surface area (Å²) in [6.07, 6.45) is 0.793. The number of carbonyl (C=O) groups is 1. The normalized spacial score (nSPS) is 30.5. The minimum atomic E-state index is -0.333. The van der Waals surface area contributed by atoms with Gasteiger partial charge in [0.05, 0.1) is 0 Å². The van der Waals surface area contributed by atoms with Gasteiger partial charge in [0.15, 0.2) is 0 Å². The van der Waals surface area contributed by atoms with E-state index in [1.807, 2.05) is 20.8 Å². The third-order valence-corrected chi connectivity index (χ3v) is 2.52. The van der Waals surface area contributed by atoms with Gasteiger partial charge in [0, 0.05) is 6.61 Å². The van der Waals surface area contributed by atoms with Crippen LogP contribution in [0.5, 0.6) is 0 Å². The Kier molecular flexibility index (Phi) is 2.42. The van der Waals surface area contributed by atoms with E-state index < -0.39 is 0 Å². The fourth-order valence-corrected chi connectivity index (χ4v) is 1.53. The zero-order valence-corrected chi connectivity index (χ0v) is 7.85. The van der Waals surface area contributed by atoms with Crippen molar-refractivity contribution in [3.05, 3.63) is 11.1 Å². The van der Waals surface area contributed by atoms with Crippen LogP contribution in [0.2, 0.25) is 5.31 Å². The first-order chi connectivity index (χ1) is 5.48. The Balaban J connectivity index is 2.92. The van der Waals surface area contributed by atoms with Crippen LogP contribution in [0.4, 0.5) is 0 Å². The molecule has 0 bridgehead atoms. The molecule has 0 fully saturated rings. The van der Waals surface area contributed by atoms with Crippen LogP contribution in [0, 0.1) is 0 Å². The Morgan fingerprint density at radius 3 is 2.58 bits per heavy atom. The monoisotopic (exact) mass is 165 g/mol. The van der Waals surface area contributed by atoms with Crippen molar-refractivity contribution in [1.82, 2.24) is 0 Å². The van der Waals surface area contributed by atoms with E-state index in [0.29, 0.717) is 0 Å². The molecule has 1 aliphatic heterocycles. The van der Waals surface area contributed by atoms with Crippen LogP contribution >= 0.6 is 0 Å². The Bertz CT molecular complexity index is 245. The number of hydrogen-bond acceptors (Lipinski definition) is 2. The number of allylic oxidation sites excluding steroid dienone is 2. The predicted octanol–water partition coefficient (Wildman–Crippen LogP) is 1.13. The fraction of sp³-hybridized carbons (Fsp3) is 0.667. The molecular weight excluding hydrogens is 151 g/mol.